The fourth-order valence-corrected chi connectivity index (χ4v) is 3.86. The van der Waals surface area contributed by atoms with Crippen LogP contribution < -0.4 is 5.32 Å². The smallest absolute Gasteiger partial charge is 0.259 e. The van der Waals surface area contributed by atoms with E-state index in [1.165, 1.54) is 18.2 Å². The van der Waals surface area contributed by atoms with Gasteiger partial charge < -0.3 is 9.88 Å². The third-order valence-electron chi connectivity index (χ3n) is 5.48. The van der Waals surface area contributed by atoms with E-state index in [-0.39, 0.29) is 16.9 Å². The molecular formula is C26H18FN5O. The summed E-state index contributed by atoms with van der Waals surface area (Å²) in [5, 5.41) is 12.7. The van der Waals surface area contributed by atoms with E-state index in [4.69, 9.17) is 4.98 Å². The number of nitriles is 1. The number of aryl methyl sites for hydroxylation is 2. The number of aromatic nitrogens is 3. The highest BCUT2D eigenvalue weighted by molar-refractivity contribution is 6.06. The first-order chi connectivity index (χ1) is 16.2. The highest BCUT2D eigenvalue weighted by Crippen LogP contribution is 2.30. The topological polar surface area (TPSA) is 83.6 Å². The van der Waals surface area contributed by atoms with Gasteiger partial charge in [-0.15, -0.1) is 0 Å². The molecule has 5 aromatic rings. The fraction of sp³-hybridized carbons (Fsp3) is 0.0769. The van der Waals surface area contributed by atoms with Crippen molar-refractivity contribution in [3.05, 3.63) is 101 Å². The molecule has 0 unspecified atom stereocenters. The molecule has 0 aliphatic heterocycles. The lowest BCUT2D eigenvalue weighted by Gasteiger charge is -2.12. The molecule has 5 rings (SSSR count). The summed E-state index contributed by atoms with van der Waals surface area (Å²) < 4.78 is 16.0. The number of benzene rings is 3. The van der Waals surface area contributed by atoms with Gasteiger partial charge >= 0.3 is 0 Å². The number of hydrogen-bond donors (Lipinski definition) is 1. The van der Waals surface area contributed by atoms with Crippen LogP contribution in [0.15, 0.2) is 78.9 Å². The monoisotopic (exact) mass is 435 g/mol. The van der Waals surface area contributed by atoms with Gasteiger partial charge in [-0.1, -0.05) is 54.6 Å². The summed E-state index contributed by atoms with van der Waals surface area (Å²) in [5.41, 5.74) is 3.40. The Bertz CT molecular complexity index is 1540. The Morgan fingerprint density at radius 2 is 1.61 bits per heavy atom. The Morgan fingerprint density at radius 3 is 2.33 bits per heavy atom. The maximum Gasteiger partial charge on any atom is 0.259 e. The SMILES string of the molecule is N#Cc1c(NC(=O)c2ccccc2F)n(CCc2ccccc2)c2nc3ccccc3nc12. The minimum absolute atomic E-state index is 0.104. The quantitative estimate of drug-likeness (QED) is 0.417. The minimum atomic E-state index is -0.641. The Morgan fingerprint density at radius 1 is 0.939 bits per heavy atom. The summed E-state index contributed by atoms with van der Waals surface area (Å²) in [4.78, 5) is 22.3. The first-order valence-corrected chi connectivity index (χ1v) is 10.4. The molecule has 0 fully saturated rings. The number of carbonyl (C=O) groups is 1. The zero-order valence-electron chi connectivity index (χ0n) is 17.5. The second-order valence-corrected chi connectivity index (χ2v) is 7.54. The Kier molecular flexibility index (Phi) is 5.25. The molecule has 0 aliphatic carbocycles. The molecule has 0 spiro atoms. The van der Waals surface area contributed by atoms with Crippen LogP contribution in [0.2, 0.25) is 0 Å². The van der Waals surface area contributed by atoms with Crippen molar-refractivity contribution < 1.29 is 9.18 Å². The molecule has 0 bridgehead atoms. The number of nitrogens with one attached hydrogen (secondary N) is 1. The summed E-state index contributed by atoms with van der Waals surface area (Å²) in [6.45, 7) is 0.447. The number of rotatable bonds is 5. The van der Waals surface area contributed by atoms with E-state index in [0.29, 0.717) is 35.2 Å². The van der Waals surface area contributed by atoms with Crippen LogP contribution in [0.3, 0.4) is 0 Å². The van der Waals surface area contributed by atoms with Crippen molar-refractivity contribution in [1.82, 2.24) is 14.5 Å². The molecule has 0 radical (unpaired) electrons. The summed E-state index contributed by atoms with van der Waals surface area (Å²) in [7, 11) is 0. The lowest BCUT2D eigenvalue weighted by atomic mass is 10.1. The molecule has 0 saturated carbocycles. The molecule has 0 saturated heterocycles. The van der Waals surface area contributed by atoms with Crippen molar-refractivity contribution in [1.29, 1.82) is 5.26 Å². The molecule has 2 heterocycles. The minimum Gasteiger partial charge on any atom is -0.309 e. The van der Waals surface area contributed by atoms with Gasteiger partial charge in [0.15, 0.2) is 5.65 Å². The number of fused-ring (bicyclic) bond motifs is 2. The predicted molar refractivity (Wildman–Crippen MR) is 124 cm³/mol. The summed E-state index contributed by atoms with van der Waals surface area (Å²) in [5.74, 6) is -1.02. The van der Waals surface area contributed by atoms with Crippen molar-refractivity contribution in [2.45, 2.75) is 13.0 Å². The van der Waals surface area contributed by atoms with Gasteiger partial charge in [-0.2, -0.15) is 5.26 Å². The summed E-state index contributed by atoms with van der Waals surface area (Å²) in [6.07, 6.45) is 0.645. The third kappa shape index (κ3) is 3.79. The molecule has 3 aromatic carbocycles. The lowest BCUT2D eigenvalue weighted by molar-refractivity contribution is 0.102. The highest BCUT2D eigenvalue weighted by atomic mass is 19.1. The number of anilines is 1. The van der Waals surface area contributed by atoms with Crippen LogP contribution in [0, 0.1) is 17.1 Å². The second-order valence-electron chi connectivity index (χ2n) is 7.54. The second kappa shape index (κ2) is 8.52. The van der Waals surface area contributed by atoms with E-state index in [9.17, 15) is 14.4 Å². The van der Waals surface area contributed by atoms with Gasteiger partial charge in [-0.25, -0.2) is 14.4 Å². The number of hydrogen-bond acceptors (Lipinski definition) is 4. The van der Waals surface area contributed by atoms with Gasteiger partial charge in [0.2, 0.25) is 0 Å². The standard InChI is InChI=1S/C26H18FN5O/c27-20-11-5-4-10-18(20)26(33)31-24-19(16-28)23-25(30-22-13-7-6-12-21(22)29-23)32(24)15-14-17-8-2-1-3-9-17/h1-13H,14-15H2,(H,31,33). The van der Waals surface area contributed by atoms with Crippen LogP contribution >= 0.6 is 0 Å². The van der Waals surface area contributed by atoms with Crippen molar-refractivity contribution in [3.63, 3.8) is 0 Å². The Balaban J connectivity index is 1.66. The molecule has 2 aromatic heterocycles. The van der Waals surface area contributed by atoms with Crippen molar-refractivity contribution in [2.75, 3.05) is 5.32 Å². The van der Waals surface area contributed by atoms with Gasteiger partial charge in [-0.05, 0) is 36.2 Å². The van der Waals surface area contributed by atoms with Crippen molar-refractivity contribution in [3.8, 4) is 6.07 Å². The number of para-hydroxylation sites is 2. The summed E-state index contributed by atoms with van der Waals surface area (Å²) >= 11 is 0. The normalized spacial score (nSPS) is 10.9. The van der Waals surface area contributed by atoms with Gasteiger partial charge in [0.05, 0.1) is 16.6 Å². The van der Waals surface area contributed by atoms with Gasteiger partial charge in [-0.3, -0.25) is 4.79 Å². The number of amides is 1. The van der Waals surface area contributed by atoms with Gasteiger partial charge in [0.25, 0.3) is 5.91 Å². The van der Waals surface area contributed by atoms with Gasteiger partial charge in [0, 0.05) is 6.54 Å². The number of nitrogens with zero attached hydrogens (tertiary/aromatic N) is 4. The molecule has 160 valence electrons. The largest absolute Gasteiger partial charge is 0.309 e. The van der Waals surface area contributed by atoms with Crippen LogP contribution in [0.1, 0.15) is 21.5 Å². The molecule has 33 heavy (non-hydrogen) atoms. The van der Waals surface area contributed by atoms with E-state index in [1.54, 1.807) is 10.6 Å². The zero-order chi connectivity index (χ0) is 22.8. The maximum absolute atomic E-state index is 14.2. The van der Waals surface area contributed by atoms with E-state index in [0.717, 1.165) is 5.56 Å². The molecular weight excluding hydrogens is 417 g/mol. The van der Waals surface area contributed by atoms with Crippen molar-refractivity contribution >= 4 is 33.9 Å². The lowest BCUT2D eigenvalue weighted by Crippen LogP contribution is -2.18. The fourth-order valence-electron chi connectivity index (χ4n) is 3.86. The number of carbonyl (C=O) groups excluding carboxylic acids is 1. The van der Waals surface area contributed by atoms with E-state index in [1.807, 2.05) is 54.6 Å². The summed E-state index contributed by atoms with van der Waals surface area (Å²) in [6, 6.07) is 25.2. The molecule has 0 atom stereocenters. The van der Waals surface area contributed by atoms with Crippen molar-refractivity contribution in [2.24, 2.45) is 0 Å². The zero-order valence-corrected chi connectivity index (χ0v) is 17.5. The van der Waals surface area contributed by atoms with E-state index < -0.39 is 11.7 Å². The first-order valence-electron chi connectivity index (χ1n) is 10.4. The number of halogens is 1. The maximum atomic E-state index is 14.2. The molecule has 1 N–H and O–H groups in total. The van der Waals surface area contributed by atoms with E-state index >= 15 is 0 Å². The average Bonchev–Trinajstić information content (AvgIpc) is 3.13. The van der Waals surface area contributed by atoms with Crippen LogP contribution in [-0.2, 0) is 13.0 Å². The van der Waals surface area contributed by atoms with E-state index in [2.05, 4.69) is 16.4 Å². The van der Waals surface area contributed by atoms with Gasteiger partial charge in [0.1, 0.15) is 28.8 Å². The molecule has 6 nitrogen and oxygen atoms in total. The van der Waals surface area contributed by atoms with Crippen LogP contribution in [0.25, 0.3) is 22.2 Å². The Labute approximate surface area is 188 Å². The Hall–Kier alpha value is -4.57. The van der Waals surface area contributed by atoms with Crippen LogP contribution in [-0.4, -0.2) is 20.4 Å². The highest BCUT2D eigenvalue weighted by Gasteiger charge is 2.23. The first kappa shape index (κ1) is 20.3. The predicted octanol–water partition coefficient (Wildman–Crippen LogP) is 5.09. The van der Waals surface area contributed by atoms with Crippen LogP contribution in [0.5, 0.6) is 0 Å². The molecule has 0 aliphatic rings. The molecule has 1 amide bonds. The van der Waals surface area contributed by atoms with Crippen LogP contribution in [0.4, 0.5) is 10.2 Å². The average molecular weight is 435 g/mol. The molecule has 7 heteroatoms. The third-order valence-corrected chi connectivity index (χ3v) is 5.48.